The fraction of sp³-hybridized carbons (Fsp3) is 0.800. The summed E-state index contributed by atoms with van der Waals surface area (Å²) >= 11 is 0. The average Bonchev–Trinajstić information content (AvgIpc) is 2.37. The molecule has 0 bridgehead atoms. The first-order chi connectivity index (χ1) is 4.34. The fourth-order valence-electron chi connectivity index (χ4n) is 0.531. The Bertz CT molecular complexity index is 162. The number of tetrazole rings is 1. The van der Waals surface area contributed by atoms with E-state index in [9.17, 15) is 0 Å². The van der Waals surface area contributed by atoms with Crippen LogP contribution in [0.4, 0.5) is 0 Å². The molecule has 1 aromatic heterocycles. The molecule has 0 radical (unpaired) electrons. The Kier molecular flexibility index (Phi) is 4.36. The zero-order chi connectivity index (χ0) is 6.69. The molecule has 52 valence electrons. The van der Waals surface area contributed by atoms with E-state index in [4.69, 9.17) is 0 Å². The van der Waals surface area contributed by atoms with Gasteiger partial charge in [0.2, 0.25) is 0 Å². The second-order valence-electron chi connectivity index (χ2n) is 2.05. The minimum absolute atomic E-state index is 0. The van der Waals surface area contributed by atoms with E-state index in [0.29, 0.717) is 5.92 Å². The summed E-state index contributed by atoms with van der Waals surface area (Å²) in [6.07, 6.45) is 1.04. The number of rotatable bonds is 2. The van der Waals surface area contributed by atoms with Crippen molar-refractivity contribution in [3.8, 4) is 0 Å². The molecule has 4 nitrogen and oxygen atoms in total. The van der Waals surface area contributed by atoms with E-state index < -0.39 is 0 Å². The van der Waals surface area contributed by atoms with Crippen LogP contribution in [-0.2, 0) is 19.5 Å². The van der Waals surface area contributed by atoms with Crippen LogP contribution < -0.4 is 5.10 Å². The molecular weight excluding hydrogens is 181 g/mol. The van der Waals surface area contributed by atoms with Crippen LogP contribution in [-0.4, -0.2) is 15.5 Å². The molecule has 0 amide bonds. The van der Waals surface area contributed by atoms with Gasteiger partial charge in [-0.1, -0.05) is 13.8 Å². The predicted molar refractivity (Wildman–Crippen MR) is 31.9 cm³/mol. The Morgan fingerprint density at radius 3 is 2.70 bits per heavy atom. The van der Waals surface area contributed by atoms with E-state index >= 15 is 0 Å². The van der Waals surface area contributed by atoms with Crippen LogP contribution in [0, 0.1) is 0 Å². The van der Waals surface area contributed by atoms with Crippen molar-refractivity contribution in [1.29, 1.82) is 0 Å². The summed E-state index contributed by atoms with van der Waals surface area (Å²) < 4.78 is 0. The normalized spacial score (nSPS) is 12.2. The summed E-state index contributed by atoms with van der Waals surface area (Å²) in [5.74, 6) is 1.14. The van der Waals surface area contributed by atoms with E-state index in [1.807, 2.05) is 0 Å². The summed E-state index contributed by atoms with van der Waals surface area (Å²) in [4.78, 5) is 0. The van der Waals surface area contributed by atoms with Crippen LogP contribution in [0.25, 0.3) is 0 Å². The molecule has 1 rings (SSSR count). The third-order valence-electron chi connectivity index (χ3n) is 1.39. The third kappa shape index (κ3) is 2.14. The van der Waals surface area contributed by atoms with Gasteiger partial charge in [-0.3, -0.25) is 10.3 Å². The molecule has 0 N–H and O–H groups in total. The summed E-state index contributed by atoms with van der Waals surface area (Å²) in [7, 11) is 0. The van der Waals surface area contributed by atoms with Crippen molar-refractivity contribution in [3.63, 3.8) is 0 Å². The van der Waals surface area contributed by atoms with E-state index in [-0.39, 0.29) is 19.5 Å². The van der Waals surface area contributed by atoms with E-state index in [0.717, 1.165) is 12.2 Å². The molecule has 1 heterocycles. The summed E-state index contributed by atoms with van der Waals surface area (Å²) in [5, 5.41) is 14.2. The molecule has 0 saturated heterocycles. The topological polar surface area (TPSA) is 52.8 Å². The van der Waals surface area contributed by atoms with E-state index in [2.05, 4.69) is 34.5 Å². The van der Waals surface area contributed by atoms with Crippen LogP contribution >= 0.6 is 0 Å². The molecular formula is C5H9N4Zn-. The van der Waals surface area contributed by atoms with Crippen LogP contribution in [0.3, 0.4) is 0 Å². The van der Waals surface area contributed by atoms with Crippen molar-refractivity contribution in [1.82, 2.24) is 20.6 Å². The zero-order valence-electron chi connectivity index (χ0n) is 6.28. The van der Waals surface area contributed by atoms with Crippen LogP contribution in [0.1, 0.15) is 32.0 Å². The van der Waals surface area contributed by atoms with E-state index in [1.165, 1.54) is 0 Å². The van der Waals surface area contributed by atoms with Gasteiger partial charge in [-0.2, -0.15) is 5.21 Å². The predicted octanol–water partition coefficient (Wildman–Crippen LogP) is 0.340. The average molecular weight is 191 g/mol. The van der Waals surface area contributed by atoms with Crippen LogP contribution in [0.2, 0.25) is 0 Å². The van der Waals surface area contributed by atoms with Crippen molar-refractivity contribution in [2.45, 2.75) is 26.2 Å². The maximum atomic E-state index is 3.71. The molecule has 0 aliphatic heterocycles. The number of hydrogen-bond acceptors (Lipinski definition) is 3. The number of nitrogens with zero attached hydrogens (tertiary/aromatic N) is 4. The van der Waals surface area contributed by atoms with Gasteiger partial charge >= 0.3 is 0 Å². The third-order valence-corrected chi connectivity index (χ3v) is 1.39. The molecule has 0 fully saturated rings. The minimum atomic E-state index is 0. The quantitative estimate of drug-likeness (QED) is 0.631. The maximum absolute atomic E-state index is 3.71. The van der Waals surface area contributed by atoms with Gasteiger partial charge in [0.1, 0.15) is 0 Å². The first-order valence-corrected chi connectivity index (χ1v) is 3.03. The van der Waals surface area contributed by atoms with Gasteiger partial charge in [-0.25, -0.2) is 0 Å². The van der Waals surface area contributed by atoms with Crippen LogP contribution in [0.5, 0.6) is 0 Å². The van der Waals surface area contributed by atoms with Gasteiger partial charge in [0.05, 0.1) is 0 Å². The standard InChI is InChI=1S/C5H9N4.Zn/c1-3-4(2)5-6-8-9-7-5;/h4H,3H2,1-2H3;/q-1;. The Labute approximate surface area is 72.5 Å². The Morgan fingerprint density at radius 1 is 1.60 bits per heavy atom. The number of hydrogen-bond donors (Lipinski definition) is 0. The molecule has 0 aliphatic rings. The van der Waals surface area contributed by atoms with Crippen molar-refractivity contribution in [3.05, 3.63) is 5.82 Å². The summed E-state index contributed by atoms with van der Waals surface area (Å²) in [6.45, 7) is 4.14. The van der Waals surface area contributed by atoms with Gasteiger partial charge in [0.15, 0.2) is 0 Å². The van der Waals surface area contributed by atoms with Gasteiger partial charge in [0, 0.05) is 25.3 Å². The molecule has 0 spiro atoms. The molecule has 0 aliphatic carbocycles. The zero-order valence-corrected chi connectivity index (χ0v) is 9.25. The van der Waals surface area contributed by atoms with Crippen molar-refractivity contribution in [2.24, 2.45) is 0 Å². The Morgan fingerprint density at radius 2 is 2.30 bits per heavy atom. The Balaban J connectivity index is 0.000000810. The smallest absolute Gasteiger partial charge is 0.0127 e. The van der Waals surface area contributed by atoms with Gasteiger partial charge in [-0.15, -0.1) is 0 Å². The summed E-state index contributed by atoms with van der Waals surface area (Å²) in [5.41, 5.74) is 0. The molecule has 1 atom stereocenters. The van der Waals surface area contributed by atoms with Crippen LogP contribution in [0.15, 0.2) is 0 Å². The monoisotopic (exact) mass is 189 g/mol. The second-order valence-corrected chi connectivity index (χ2v) is 2.05. The van der Waals surface area contributed by atoms with E-state index in [1.54, 1.807) is 0 Å². The molecule has 1 aromatic rings. The molecule has 5 heteroatoms. The van der Waals surface area contributed by atoms with Crippen molar-refractivity contribution < 1.29 is 19.5 Å². The van der Waals surface area contributed by atoms with Crippen molar-refractivity contribution in [2.75, 3.05) is 0 Å². The fourth-order valence-corrected chi connectivity index (χ4v) is 0.531. The molecule has 1 unspecified atom stereocenters. The van der Waals surface area contributed by atoms with Gasteiger partial charge in [0.25, 0.3) is 0 Å². The first kappa shape index (κ1) is 9.69. The molecule has 0 aromatic carbocycles. The molecule has 10 heavy (non-hydrogen) atoms. The van der Waals surface area contributed by atoms with Gasteiger partial charge < -0.3 is 5.10 Å². The second kappa shape index (κ2) is 4.50. The Hall–Kier alpha value is -0.307. The molecule has 0 saturated carbocycles. The number of aromatic nitrogens is 4. The van der Waals surface area contributed by atoms with Gasteiger partial charge in [-0.05, 0) is 12.3 Å². The maximum Gasteiger partial charge on any atom is 0.0127 e. The first-order valence-electron chi connectivity index (χ1n) is 3.03. The SMILES string of the molecule is CCC(C)c1nnn[n-]1.[Zn]. The van der Waals surface area contributed by atoms with Crippen molar-refractivity contribution >= 4 is 0 Å². The largest absolute Gasteiger partial charge is 0.335 e. The summed E-state index contributed by atoms with van der Waals surface area (Å²) in [6, 6.07) is 0. The minimum Gasteiger partial charge on any atom is -0.335 e.